The molecule has 0 fully saturated rings. The molecule has 3 N–H and O–H groups in total. The van der Waals surface area contributed by atoms with Crippen molar-refractivity contribution in [1.82, 2.24) is 10.4 Å². The molecule has 2 rings (SSSR count). The summed E-state index contributed by atoms with van der Waals surface area (Å²) in [5, 5.41) is 0. The molecule has 0 radical (unpaired) electrons. The zero-order valence-electron chi connectivity index (χ0n) is 12.2. The summed E-state index contributed by atoms with van der Waals surface area (Å²) in [5.74, 6) is 7.13. The number of nitrogens with two attached hydrogens (primary N) is 1. The van der Waals surface area contributed by atoms with Crippen molar-refractivity contribution in [2.75, 3.05) is 14.2 Å². The number of benzene rings is 1. The quantitative estimate of drug-likeness (QED) is 0.640. The van der Waals surface area contributed by atoms with Crippen molar-refractivity contribution in [2.24, 2.45) is 5.84 Å². The molecule has 0 bridgehead atoms. The van der Waals surface area contributed by atoms with Crippen LogP contribution in [0.5, 0.6) is 11.5 Å². The Morgan fingerprint density at radius 3 is 2.57 bits per heavy atom. The molecule has 0 amide bonds. The first-order chi connectivity index (χ1) is 10.1. The fraction of sp³-hybridized carbons (Fsp3) is 0.267. The highest BCUT2D eigenvalue weighted by atomic mass is 79.9. The molecule has 0 aliphatic carbocycles. The fourth-order valence-corrected chi connectivity index (χ4v) is 2.93. The number of aryl methyl sites for hydroxylation is 1. The minimum absolute atomic E-state index is 0.227. The van der Waals surface area contributed by atoms with E-state index in [9.17, 15) is 0 Å². The highest BCUT2D eigenvalue weighted by molar-refractivity contribution is 9.10. The van der Waals surface area contributed by atoms with E-state index in [1.54, 1.807) is 26.6 Å². The Labute approximate surface area is 132 Å². The van der Waals surface area contributed by atoms with Gasteiger partial charge < -0.3 is 9.47 Å². The number of halogens is 1. The first-order valence-electron chi connectivity index (χ1n) is 6.40. The summed E-state index contributed by atoms with van der Waals surface area (Å²) < 4.78 is 11.6. The lowest BCUT2D eigenvalue weighted by atomic mass is 9.98. The van der Waals surface area contributed by atoms with Crippen LogP contribution in [-0.2, 0) is 0 Å². The number of hydrogen-bond donors (Lipinski definition) is 2. The van der Waals surface area contributed by atoms with Gasteiger partial charge >= 0.3 is 0 Å². The van der Waals surface area contributed by atoms with Gasteiger partial charge in [0.25, 0.3) is 0 Å². The predicted molar refractivity (Wildman–Crippen MR) is 85.4 cm³/mol. The Bertz CT molecular complexity index is 634. The number of ether oxygens (including phenoxy) is 2. The molecule has 112 valence electrons. The largest absolute Gasteiger partial charge is 0.495 e. The molecule has 6 heteroatoms. The summed E-state index contributed by atoms with van der Waals surface area (Å²) in [6.45, 7) is 1.99. The van der Waals surface area contributed by atoms with Gasteiger partial charge in [-0.3, -0.25) is 10.8 Å². The predicted octanol–water partition coefficient (Wildman–Crippen LogP) is 2.72. The van der Waals surface area contributed by atoms with Crippen molar-refractivity contribution in [1.29, 1.82) is 0 Å². The number of aromatic nitrogens is 1. The topological polar surface area (TPSA) is 69.4 Å². The maximum absolute atomic E-state index is 5.75. The third kappa shape index (κ3) is 3.18. The summed E-state index contributed by atoms with van der Waals surface area (Å²) >= 11 is 3.50. The van der Waals surface area contributed by atoms with Crippen LogP contribution in [0, 0.1) is 6.92 Å². The smallest absolute Gasteiger partial charge is 0.141 e. The Kier molecular flexibility index (Phi) is 5.17. The van der Waals surface area contributed by atoms with Gasteiger partial charge in [0.2, 0.25) is 0 Å². The fourth-order valence-electron chi connectivity index (χ4n) is 2.25. The molecule has 21 heavy (non-hydrogen) atoms. The van der Waals surface area contributed by atoms with E-state index in [0.29, 0.717) is 11.5 Å². The van der Waals surface area contributed by atoms with Crippen LogP contribution in [0.2, 0.25) is 0 Å². The van der Waals surface area contributed by atoms with Crippen molar-refractivity contribution in [3.63, 3.8) is 0 Å². The van der Waals surface area contributed by atoms with E-state index in [1.807, 2.05) is 25.1 Å². The van der Waals surface area contributed by atoms with Crippen LogP contribution in [0.25, 0.3) is 0 Å². The summed E-state index contributed by atoms with van der Waals surface area (Å²) in [6, 6.07) is 5.61. The zero-order chi connectivity index (χ0) is 15.4. The summed E-state index contributed by atoms with van der Waals surface area (Å²) in [6.07, 6.45) is 3.59. The summed E-state index contributed by atoms with van der Waals surface area (Å²) in [4.78, 5) is 4.22. The van der Waals surface area contributed by atoms with E-state index in [4.69, 9.17) is 15.3 Å². The number of hydrazine groups is 1. The van der Waals surface area contributed by atoms with Crippen LogP contribution in [0.3, 0.4) is 0 Å². The van der Waals surface area contributed by atoms with Gasteiger partial charge in [0.05, 0.1) is 20.3 Å². The van der Waals surface area contributed by atoms with Crippen molar-refractivity contribution >= 4 is 15.9 Å². The maximum Gasteiger partial charge on any atom is 0.141 e. The highest BCUT2D eigenvalue weighted by Gasteiger charge is 2.21. The van der Waals surface area contributed by atoms with Crippen LogP contribution in [0.15, 0.2) is 35.1 Å². The number of nitrogens with zero attached hydrogens (tertiary/aromatic N) is 1. The summed E-state index contributed by atoms with van der Waals surface area (Å²) in [5.41, 5.74) is 5.76. The van der Waals surface area contributed by atoms with Gasteiger partial charge in [-0.25, -0.2) is 5.43 Å². The van der Waals surface area contributed by atoms with Crippen LogP contribution in [-0.4, -0.2) is 19.2 Å². The molecule has 1 atom stereocenters. The molecule has 0 spiro atoms. The number of methoxy groups -OCH3 is 2. The zero-order valence-corrected chi connectivity index (χ0v) is 13.8. The van der Waals surface area contributed by atoms with Gasteiger partial charge in [-0.1, -0.05) is 6.07 Å². The second-order valence-electron chi connectivity index (χ2n) is 4.60. The molecule has 0 saturated carbocycles. The minimum atomic E-state index is -0.227. The standard InChI is InChI=1S/C15H18BrN3O2/c1-9-6-10(8-18-7-9)14(19-17)11-4-5-12(20-2)13(16)15(11)21-3/h4-8,14,19H,17H2,1-3H3. The van der Waals surface area contributed by atoms with Crippen molar-refractivity contribution < 1.29 is 9.47 Å². The van der Waals surface area contributed by atoms with Crippen LogP contribution < -0.4 is 20.7 Å². The Balaban J connectivity index is 2.55. The number of hydrogen-bond acceptors (Lipinski definition) is 5. The van der Waals surface area contributed by atoms with Gasteiger partial charge in [-0.2, -0.15) is 0 Å². The molecule has 1 aromatic heterocycles. The average molecular weight is 352 g/mol. The third-order valence-electron chi connectivity index (χ3n) is 3.22. The van der Waals surface area contributed by atoms with Gasteiger partial charge in [0.1, 0.15) is 16.0 Å². The number of rotatable bonds is 5. The van der Waals surface area contributed by atoms with E-state index in [0.717, 1.165) is 21.2 Å². The molecule has 0 aliphatic rings. The molecule has 0 aliphatic heterocycles. The van der Waals surface area contributed by atoms with Crippen LogP contribution >= 0.6 is 15.9 Å². The van der Waals surface area contributed by atoms with Crippen molar-refractivity contribution in [2.45, 2.75) is 13.0 Å². The second kappa shape index (κ2) is 6.89. The van der Waals surface area contributed by atoms with Gasteiger partial charge in [0.15, 0.2) is 0 Å². The van der Waals surface area contributed by atoms with Gasteiger partial charge in [-0.15, -0.1) is 0 Å². The lowest BCUT2D eigenvalue weighted by Gasteiger charge is -2.21. The maximum atomic E-state index is 5.75. The minimum Gasteiger partial charge on any atom is -0.495 e. The van der Waals surface area contributed by atoms with E-state index >= 15 is 0 Å². The first kappa shape index (κ1) is 15.8. The van der Waals surface area contributed by atoms with E-state index in [2.05, 4.69) is 26.3 Å². The van der Waals surface area contributed by atoms with E-state index < -0.39 is 0 Å². The Morgan fingerprint density at radius 1 is 1.24 bits per heavy atom. The Morgan fingerprint density at radius 2 is 2.00 bits per heavy atom. The lowest BCUT2D eigenvalue weighted by Crippen LogP contribution is -2.29. The highest BCUT2D eigenvalue weighted by Crippen LogP contribution is 2.40. The van der Waals surface area contributed by atoms with E-state index in [1.165, 1.54) is 0 Å². The molecule has 1 aromatic carbocycles. The van der Waals surface area contributed by atoms with Crippen molar-refractivity contribution in [3.8, 4) is 11.5 Å². The van der Waals surface area contributed by atoms with Crippen LogP contribution in [0.1, 0.15) is 22.7 Å². The van der Waals surface area contributed by atoms with E-state index in [-0.39, 0.29) is 6.04 Å². The third-order valence-corrected chi connectivity index (χ3v) is 3.97. The van der Waals surface area contributed by atoms with Gasteiger partial charge in [-0.05, 0) is 46.1 Å². The molecule has 5 nitrogen and oxygen atoms in total. The average Bonchev–Trinajstić information content (AvgIpc) is 2.48. The molecular formula is C15H18BrN3O2. The van der Waals surface area contributed by atoms with Gasteiger partial charge in [0, 0.05) is 18.0 Å². The molecule has 1 unspecified atom stereocenters. The second-order valence-corrected chi connectivity index (χ2v) is 5.39. The molecule has 1 heterocycles. The normalized spacial score (nSPS) is 12.0. The lowest BCUT2D eigenvalue weighted by molar-refractivity contribution is 0.382. The first-order valence-corrected chi connectivity index (χ1v) is 7.19. The Hall–Kier alpha value is -1.63. The molecule has 0 saturated heterocycles. The monoisotopic (exact) mass is 351 g/mol. The molecule has 2 aromatic rings. The number of nitrogens with one attached hydrogen (secondary N) is 1. The summed E-state index contributed by atoms with van der Waals surface area (Å²) in [7, 11) is 3.23. The SMILES string of the molecule is COc1ccc(C(NN)c2cncc(C)c2)c(OC)c1Br. The molecular weight excluding hydrogens is 334 g/mol. The van der Waals surface area contributed by atoms with Crippen molar-refractivity contribution in [3.05, 3.63) is 51.8 Å². The number of pyridine rings is 1. The van der Waals surface area contributed by atoms with Crippen LogP contribution in [0.4, 0.5) is 0 Å².